The predicted molar refractivity (Wildman–Crippen MR) is 137 cm³/mol. The molecular weight excluding hydrogens is 456 g/mol. The molecule has 11 atom stereocenters. The van der Waals surface area contributed by atoms with E-state index in [2.05, 4.69) is 34.6 Å². The molecule has 0 radical (unpaired) electrons. The fourth-order valence-electron chi connectivity index (χ4n) is 9.41. The van der Waals surface area contributed by atoms with Crippen molar-refractivity contribution in [1.82, 2.24) is 0 Å². The van der Waals surface area contributed by atoms with E-state index in [9.17, 15) is 20.1 Å². The molecular formula is C30H48O6. The molecule has 36 heavy (non-hydrogen) atoms. The Morgan fingerprint density at radius 1 is 1.17 bits per heavy atom. The highest BCUT2D eigenvalue weighted by molar-refractivity contribution is 5.67. The van der Waals surface area contributed by atoms with Gasteiger partial charge in [0.05, 0.1) is 24.2 Å². The van der Waals surface area contributed by atoms with Crippen molar-refractivity contribution in [3.63, 3.8) is 0 Å². The number of esters is 1. The molecule has 3 N–H and O–H groups in total. The Morgan fingerprint density at radius 2 is 1.89 bits per heavy atom. The van der Waals surface area contributed by atoms with Gasteiger partial charge in [-0.3, -0.25) is 4.79 Å². The zero-order chi connectivity index (χ0) is 26.3. The molecule has 0 bridgehead atoms. The van der Waals surface area contributed by atoms with Gasteiger partial charge in [0.2, 0.25) is 0 Å². The summed E-state index contributed by atoms with van der Waals surface area (Å²) in [5, 5.41) is 33.6. The van der Waals surface area contributed by atoms with Crippen LogP contribution in [0.2, 0.25) is 0 Å². The number of rotatable bonds is 7. The van der Waals surface area contributed by atoms with Gasteiger partial charge in [-0.1, -0.05) is 47.5 Å². The first kappa shape index (κ1) is 26.6. The SMILES string of the molecule is CC(=O)O[C@H]1C=C2C3CC[C@H]([C@H](C)CC[C@H](C)C(C)C)[C@@]3(C)C[C@H]3O[C@@]23[C@@]2(CO)CC[C@H](O)C[C@]12O. The maximum Gasteiger partial charge on any atom is 0.303 e. The van der Waals surface area contributed by atoms with Crippen molar-refractivity contribution >= 4 is 5.97 Å². The van der Waals surface area contributed by atoms with Crippen molar-refractivity contribution < 1.29 is 29.6 Å². The lowest BCUT2D eigenvalue weighted by Gasteiger charge is -2.61. The van der Waals surface area contributed by atoms with Gasteiger partial charge in [-0.05, 0) is 78.8 Å². The number of epoxide rings is 1. The van der Waals surface area contributed by atoms with E-state index in [0.717, 1.165) is 24.3 Å². The highest BCUT2D eigenvalue weighted by Crippen LogP contribution is 2.76. The minimum Gasteiger partial charge on any atom is -0.455 e. The van der Waals surface area contributed by atoms with Crippen LogP contribution in [0, 0.1) is 40.4 Å². The number of aliphatic hydroxyl groups excluding tert-OH is 2. The van der Waals surface area contributed by atoms with E-state index in [0.29, 0.717) is 30.6 Å². The molecule has 1 unspecified atom stereocenters. The van der Waals surface area contributed by atoms with Gasteiger partial charge >= 0.3 is 5.97 Å². The lowest BCUT2D eigenvalue weighted by Crippen LogP contribution is -2.72. The number of fused-ring (bicyclic) bond motifs is 3. The number of hydrogen-bond acceptors (Lipinski definition) is 6. The van der Waals surface area contributed by atoms with Crippen LogP contribution in [0.25, 0.3) is 0 Å². The van der Waals surface area contributed by atoms with Crippen molar-refractivity contribution in [2.45, 2.75) is 122 Å². The predicted octanol–water partition coefficient (Wildman–Crippen LogP) is 4.39. The fraction of sp³-hybridized carbons (Fsp3) is 0.900. The summed E-state index contributed by atoms with van der Waals surface area (Å²) >= 11 is 0. The van der Waals surface area contributed by atoms with Gasteiger partial charge in [0.1, 0.15) is 17.3 Å². The Hall–Kier alpha value is -0.950. The van der Waals surface area contributed by atoms with E-state index in [1.807, 2.05) is 6.08 Å². The number of ether oxygens (including phenoxy) is 2. The normalized spacial score (nSPS) is 48.7. The van der Waals surface area contributed by atoms with Crippen LogP contribution in [0.1, 0.15) is 92.9 Å². The van der Waals surface area contributed by atoms with E-state index < -0.39 is 34.8 Å². The Morgan fingerprint density at radius 3 is 2.53 bits per heavy atom. The van der Waals surface area contributed by atoms with Crippen LogP contribution < -0.4 is 0 Å². The molecule has 0 aromatic rings. The summed E-state index contributed by atoms with van der Waals surface area (Å²) in [4.78, 5) is 12.1. The molecule has 1 heterocycles. The van der Waals surface area contributed by atoms with E-state index >= 15 is 0 Å². The highest BCUT2D eigenvalue weighted by Gasteiger charge is 2.83. The first-order valence-corrected chi connectivity index (χ1v) is 14.4. The van der Waals surface area contributed by atoms with Crippen LogP contribution in [-0.4, -0.2) is 57.4 Å². The molecule has 0 aromatic heterocycles. The minimum absolute atomic E-state index is 0.0559. The van der Waals surface area contributed by atoms with E-state index in [4.69, 9.17) is 9.47 Å². The summed E-state index contributed by atoms with van der Waals surface area (Å²) < 4.78 is 12.4. The molecule has 0 aromatic carbocycles. The average molecular weight is 505 g/mol. The van der Waals surface area contributed by atoms with Gasteiger partial charge in [-0.15, -0.1) is 0 Å². The molecule has 5 rings (SSSR count). The fourth-order valence-corrected chi connectivity index (χ4v) is 9.41. The number of carbonyl (C=O) groups excluding carboxylic acids is 1. The highest BCUT2D eigenvalue weighted by atomic mass is 16.6. The van der Waals surface area contributed by atoms with Gasteiger partial charge in [0.25, 0.3) is 0 Å². The smallest absolute Gasteiger partial charge is 0.303 e. The molecule has 3 saturated carbocycles. The topological polar surface area (TPSA) is 99.5 Å². The minimum atomic E-state index is -1.56. The van der Waals surface area contributed by atoms with Crippen LogP contribution in [0.4, 0.5) is 0 Å². The van der Waals surface area contributed by atoms with Crippen LogP contribution in [-0.2, 0) is 14.3 Å². The zero-order valence-corrected chi connectivity index (χ0v) is 23.1. The molecule has 204 valence electrons. The second kappa shape index (κ2) is 8.79. The quantitative estimate of drug-likeness (QED) is 0.270. The monoisotopic (exact) mass is 504 g/mol. The summed E-state index contributed by atoms with van der Waals surface area (Å²) in [6.07, 6.45) is 6.99. The van der Waals surface area contributed by atoms with Crippen molar-refractivity contribution in [3.05, 3.63) is 11.6 Å². The summed E-state index contributed by atoms with van der Waals surface area (Å²) in [6, 6.07) is 0. The van der Waals surface area contributed by atoms with E-state index in [1.54, 1.807) is 0 Å². The Balaban J connectivity index is 1.51. The summed E-state index contributed by atoms with van der Waals surface area (Å²) in [5.74, 6) is 2.46. The Labute approximate surface area is 216 Å². The Kier molecular flexibility index (Phi) is 6.51. The second-order valence-corrected chi connectivity index (χ2v) is 13.8. The first-order valence-electron chi connectivity index (χ1n) is 14.4. The van der Waals surface area contributed by atoms with Crippen molar-refractivity contribution in [2.75, 3.05) is 6.61 Å². The zero-order valence-electron chi connectivity index (χ0n) is 23.1. The average Bonchev–Trinajstić information content (AvgIpc) is 3.41. The molecule has 1 spiro atoms. The summed E-state index contributed by atoms with van der Waals surface area (Å²) in [6.45, 7) is 12.9. The van der Waals surface area contributed by atoms with Gasteiger partial charge in [0.15, 0.2) is 0 Å². The van der Waals surface area contributed by atoms with Crippen molar-refractivity contribution in [2.24, 2.45) is 40.4 Å². The molecule has 0 amide bonds. The van der Waals surface area contributed by atoms with E-state index in [-0.39, 0.29) is 30.5 Å². The van der Waals surface area contributed by atoms with Crippen LogP contribution in [0.3, 0.4) is 0 Å². The molecule has 6 heteroatoms. The van der Waals surface area contributed by atoms with Crippen molar-refractivity contribution in [1.29, 1.82) is 0 Å². The molecule has 4 fully saturated rings. The standard InChI is InChI=1S/C30H48O6/c1-17(2)18(3)7-8-19(4)22-9-10-23-24-13-25(35-20(5)32)29(34)14-21(33)11-12-28(29,16-31)30(24)26(36-30)15-27(22,23)6/h13,17-19,21-23,25-26,31,33-34H,7-12,14-16H2,1-6H3/t18-,19+,21-,22+,23?,25-,26+,27+,28+,29-,30-/m0/s1. The van der Waals surface area contributed by atoms with E-state index in [1.165, 1.54) is 26.2 Å². The number of carbonyl (C=O) groups is 1. The van der Waals surface area contributed by atoms with Crippen molar-refractivity contribution in [3.8, 4) is 0 Å². The van der Waals surface area contributed by atoms with Crippen LogP contribution >= 0.6 is 0 Å². The molecule has 5 aliphatic rings. The third-order valence-corrected chi connectivity index (χ3v) is 11.8. The summed E-state index contributed by atoms with van der Waals surface area (Å²) in [7, 11) is 0. The summed E-state index contributed by atoms with van der Waals surface area (Å²) in [5.41, 5.74) is -2.03. The third kappa shape index (κ3) is 3.46. The number of hydrogen-bond donors (Lipinski definition) is 3. The molecule has 1 aliphatic heterocycles. The molecule has 4 aliphatic carbocycles. The first-order chi connectivity index (χ1) is 16.9. The van der Waals surface area contributed by atoms with Crippen LogP contribution in [0.5, 0.6) is 0 Å². The second-order valence-electron chi connectivity index (χ2n) is 13.8. The maximum atomic E-state index is 12.1. The van der Waals surface area contributed by atoms with Gasteiger partial charge in [-0.25, -0.2) is 0 Å². The van der Waals surface area contributed by atoms with Gasteiger partial charge in [0, 0.05) is 13.3 Å². The third-order valence-electron chi connectivity index (χ3n) is 11.8. The van der Waals surface area contributed by atoms with Crippen LogP contribution in [0.15, 0.2) is 11.6 Å². The maximum absolute atomic E-state index is 12.1. The largest absolute Gasteiger partial charge is 0.455 e. The lowest BCUT2D eigenvalue weighted by molar-refractivity contribution is -0.237. The molecule has 6 nitrogen and oxygen atoms in total. The lowest BCUT2D eigenvalue weighted by atomic mass is 9.44. The van der Waals surface area contributed by atoms with Gasteiger partial charge < -0.3 is 24.8 Å². The van der Waals surface area contributed by atoms with Gasteiger partial charge in [-0.2, -0.15) is 0 Å². The number of aliphatic hydroxyl groups is 3. The molecule has 1 saturated heterocycles. The Bertz CT molecular complexity index is 915.